The van der Waals surface area contributed by atoms with Gasteiger partial charge in [-0.3, -0.25) is 4.79 Å². The van der Waals surface area contributed by atoms with E-state index in [-0.39, 0.29) is 18.1 Å². The minimum Gasteiger partial charge on any atom is -0.405 e. The molecule has 0 spiro atoms. The zero-order chi connectivity index (χ0) is 15.5. The second kappa shape index (κ2) is 6.34. The van der Waals surface area contributed by atoms with Gasteiger partial charge in [0.1, 0.15) is 5.75 Å². The van der Waals surface area contributed by atoms with Crippen molar-refractivity contribution in [1.82, 2.24) is 4.90 Å². The van der Waals surface area contributed by atoms with Gasteiger partial charge in [-0.05, 0) is 30.9 Å². The van der Waals surface area contributed by atoms with Gasteiger partial charge in [0.15, 0.2) is 0 Å². The van der Waals surface area contributed by atoms with E-state index in [1.165, 1.54) is 23.1 Å². The molecule has 21 heavy (non-hydrogen) atoms. The number of aliphatic hydroxyl groups is 1. The molecular formula is C14H16F3NO3. The first kappa shape index (κ1) is 15.6. The van der Waals surface area contributed by atoms with Crippen molar-refractivity contribution in [2.45, 2.75) is 19.2 Å². The predicted octanol–water partition coefficient (Wildman–Crippen LogP) is 2.43. The summed E-state index contributed by atoms with van der Waals surface area (Å²) in [5, 5.41) is 9.06. The molecule has 1 heterocycles. The van der Waals surface area contributed by atoms with Crippen LogP contribution in [-0.2, 0) is 0 Å². The monoisotopic (exact) mass is 303 g/mol. The number of hydrogen-bond acceptors (Lipinski definition) is 3. The molecule has 0 aliphatic carbocycles. The molecular weight excluding hydrogens is 287 g/mol. The molecule has 1 saturated heterocycles. The van der Waals surface area contributed by atoms with Gasteiger partial charge in [0.05, 0.1) is 5.56 Å². The Balaban J connectivity index is 2.13. The third kappa shape index (κ3) is 4.10. The topological polar surface area (TPSA) is 49.8 Å². The Kier molecular flexibility index (Phi) is 4.72. The van der Waals surface area contributed by atoms with Gasteiger partial charge in [0.2, 0.25) is 0 Å². The second-order valence-corrected chi connectivity index (χ2v) is 4.96. The number of aliphatic hydroxyl groups excluding tert-OH is 1. The summed E-state index contributed by atoms with van der Waals surface area (Å²) < 4.78 is 40.9. The number of nitrogens with zero attached hydrogens (tertiary/aromatic N) is 1. The van der Waals surface area contributed by atoms with Gasteiger partial charge < -0.3 is 14.7 Å². The molecule has 1 fully saturated rings. The van der Waals surface area contributed by atoms with E-state index in [1.54, 1.807) is 0 Å². The van der Waals surface area contributed by atoms with E-state index in [4.69, 9.17) is 5.11 Å². The maximum Gasteiger partial charge on any atom is 0.573 e. The predicted molar refractivity (Wildman–Crippen MR) is 68.8 cm³/mol. The molecule has 7 heteroatoms. The Morgan fingerprint density at radius 3 is 2.48 bits per heavy atom. The number of alkyl halides is 3. The molecule has 2 rings (SSSR count). The first-order valence-electron chi connectivity index (χ1n) is 6.65. The SMILES string of the molecule is O=C(c1ccccc1OC(F)(F)F)N1CCC(CO)CC1. The highest BCUT2D eigenvalue weighted by Gasteiger charge is 2.33. The lowest BCUT2D eigenvalue weighted by Gasteiger charge is -2.31. The van der Waals surface area contributed by atoms with Crippen LogP contribution in [0.3, 0.4) is 0 Å². The number of piperidine rings is 1. The molecule has 1 aromatic carbocycles. The standard InChI is InChI=1S/C14H16F3NO3/c15-14(16,17)21-12-4-2-1-3-11(12)13(20)18-7-5-10(9-19)6-8-18/h1-4,10,19H,5-9H2. The Hall–Kier alpha value is -1.76. The van der Waals surface area contributed by atoms with Crippen LogP contribution in [0.2, 0.25) is 0 Å². The summed E-state index contributed by atoms with van der Waals surface area (Å²) in [7, 11) is 0. The zero-order valence-corrected chi connectivity index (χ0v) is 11.3. The summed E-state index contributed by atoms with van der Waals surface area (Å²) in [6.07, 6.45) is -3.55. The van der Waals surface area contributed by atoms with E-state index < -0.39 is 18.0 Å². The quantitative estimate of drug-likeness (QED) is 0.933. The van der Waals surface area contributed by atoms with Gasteiger partial charge in [0.25, 0.3) is 5.91 Å². The number of hydrogen-bond donors (Lipinski definition) is 1. The summed E-state index contributed by atoms with van der Waals surface area (Å²) in [5.41, 5.74) is -0.0997. The van der Waals surface area contributed by atoms with E-state index in [9.17, 15) is 18.0 Å². The average Bonchev–Trinajstić information content (AvgIpc) is 2.45. The fourth-order valence-electron chi connectivity index (χ4n) is 2.35. The Bertz CT molecular complexity index is 496. The molecule has 0 bridgehead atoms. The molecule has 1 amide bonds. The van der Waals surface area contributed by atoms with Gasteiger partial charge in [0, 0.05) is 19.7 Å². The lowest BCUT2D eigenvalue weighted by Crippen LogP contribution is -2.39. The fourth-order valence-corrected chi connectivity index (χ4v) is 2.35. The number of carbonyl (C=O) groups is 1. The number of rotatable bonds is 3. The van der Waals surface area contributed by atoms with Crippen molar-refractivity contribution in [3.63, 3.8) is 0 Å². The number of carbonyl (C=O) groups excluding carboxylic acids is 1. The molecule has 0 atom stereocenters. The fraction of sp³-hybridized carbons (Fsp3) is 0.500. The van der Waals surface area contributed by atoms with Crippen molar-refractivity contribution in [3.8, 4) is 5.75 Å². The maximum absolute atomic E-state index is 12.3. The van der Waals surface area contributed by atoms with Crippen LogP contribution in [0.5, 0.6) is 5.75 Å². The molecule has 1 N–H and O–H groups in total. The summed E-state index contributed by atoms with van der Waals surface area (Å²) in [6.45, 7) is 0.907. The Labute approximate surface area is 120 Å². The Morgan fingerprint density at radius 1 is 1.29 bits per heavy atom. The number of likely N-dealkylation sites (tertiary alicyclic amines) is 1. The van der Waals surface area contributed by atoms with Crippen molar-refractivity contribution in [2.75, 3.05) is 19.7 Å². The van der Waals surface area contributed by atoms with E-state index in [0.29, 0.717) is 25.9 Å². The largest absolute Gasteiger partial charge is 0.573 e. The van der Waals surface area contributed by atoms with Gasteiger partial charge in [-0.2, -0.15) is 0 Å². The van der Waals surface area contributed by atoms with Crippen LogP contribution in [0.1, 0.15) is 23.2 Å². The summed E-state index contributed by atoms with van der Waals surface area (Å²) in [6, 6.07) is 5.33. The molecule has 0 radical (unpaired) electrons. The highest BCUT2D eigenvalue weighted by atomic mass is 19.4. The number of benzene rings is 1. The van der Waals surface area contributed by atoms with Crippen LogP contribution in [0, 0.1) is 5.92 Å². The second-order valence-electron chi connectivity index (χ2n) is 4.96. The van der Waals surface area contributed by atoms with Crippen molar-refractivity contribution in [1.29, 1.82) is 0 Å². The summed E-state index contributed by atoms with van der Waals surface area (Å²) in [4.78, 5) is 13.8. The van der Waals surface area contributed by atoms with Crippen molar-refractivity contribution in [3.05, 3.63) is 29.8 Å². The maximum atomic E-state index is 12.3. The van der Waals surface area contributed by atoms with Crippen LogP contribution < -0.4 is 4.74 Å². The summed E-state index contributed by atoms with van der Waals surface area (Å²) in [5.74, 6) is -0.818. The van der Waals surface area contributed by atoms with Crippen LogP contribution in [0.15, 0.2) is 24.3 Å². The van der Waals surface area contributed by atoms with Crippen LogP contribution in [0.4, 0.5) is 13.2 Å². The molecule has 1 aliphatic heterocycles. The smallest absolute Gasteiger partial charge is 0.405 e. The van der Waals surface area contributed by atoms with Crippen molar-refractivity contribution < 1.29 is 27.8 Å². The Morgan fingerprint density at radius 2 is 1.90 bits per heavy atom. The first-order chi connectivity index (χ1) is 9.90. The minimum atomic E-state index is -4.83. The first-order valence-corrected chi connectivity index (χ1v) is 6.65. The van der Waals surface area contributed by atoms with Crippen molar-refractivity contribution >= 4 is 5.91 Å². The molecule has 1 aromatic rings. The number of amides is 1. The third-order valence-electron chi connectivity index (χ3n) is 3.50. The van der Waals surface area contributed by atoms with Gasteiger partial charge in [-0.25, -0.2) is 0 Å². The lowest BCUT2D eigenvalue weighted by molar-refractivity contribution is -0.274. The third-order valence-corrected chi connectivity index (χ3v) is 3.50. The summed E-state index contributed by atoms with van der Waals surface area (Å²) >= 11 is 0. The van der Waals surface area contributed by atoms with Crippen LogP contribution in [0.25, 0.3) is 0 Å². The van der Waals surface area contributed by atoms with E-state index in [2.05, 4.69) is 4.74 Å². The number of para-hydroxylation sites is 1. The number of ether oxygens (including phenoxy) is 1. The van der Waals surface area contributed by atoms with E-state index in [0.717, 1.165) is 6.07 Å². The zero-order valence-electron chi connectivity index (χ0n) is 11.3. The normalized spacial score (nSPS) is 16.9. The number of halogens is 3. The van der Waals surface area contributed by atoms with Gasteiger partial charge in [-0.1, -0.05) is 12.1 Å². The minimum absolute atomic E-state index is 0.0653. The molecule has 0 saturated carbocycles. The molecule has 0 unspecified atom stereocenters. The average molecular weight is 303 g/mol. The molecule has 116 valence electrons. The van der Waals surface area contributed by atoms with Crippen molar-refractivity contribution in [2.24, 2.45) is 5.92 Å². The molecule has 0 aromatic heterocycles. The highest BCUT2D eigenvalue weighted by Crippen LogP contribution is 2.28. The van der Waals surface area contributed by atoms with E-state index >= 15 is 0 Å². The van der Waals surface area contributed by atoms with Crippen LogP contribution in [-0.4, -0.2) is 42.0 Å². The van der Waals surface area contributed by atoms with Gasteiger partial charge >= 0.3 is 6.36 Å². The highest BCUT2D eigenvalue weighted by molar-refractivity contribution is 5.97. The van der Waals surface area contributed by atoms with E-state index in [1.807, 2.05) is 0 Å². The molecule has 4 nitrogen and oxygen atoms in total. The van der Waals surface area contributed by atoms with Gasteiger partial charge in [-0.15, -0.1) is 13.2 Å². The molecule has 1 aliphatic rings. The van der Waals surface area contributed by atoms with Crippen LogP contribution >= 0.6 is 0 Å². The lowest BCUT2D eigenvalue weighted by atomic mass is 9.97.